The van der Waals surface area contributed by atoms with Crippen LogP contribution in [0.15, 0.2) is 59.6 Å². The van der Waals surface area contributed by atoms with E-state index in [1.807, 2.05) is 24.3 Å². The van der Waals surface area contributed by atoms with Crippen LogP contribution in [0.3, 0.4) is 0 Å². The minimum atomic E-state index is -0.913. The molecule has 7 nitrogen and oxygen atoms in total. The second kappa shape index (κ2) is 15.2. The van der Waals surface area contributed by atoms with Crippen molar-refractivity contribution in [3.8, 4) is 22.4 Å². The minimum Gasteiger partial charge on any atom is -0.480 e. The predicted octanol–water partition coefficient (Wildman–Crippen LogP) is 7.41. The zero-order valence-electron chi connectivity index (χ0n) is 23.4. The first-order chi connectivity index (χ1) is 20.1. The molecule has 1 aliphatic heterocycles. The van der Waals surface area contributed by atoms with Crippen LogP contribution in [0.1, 0.15) is 44.9 Å². The van der Waals surface area contributed by atoms with Gasteiger partial charge >= 0.3 is 5.97 Å². The molecular formula is C32H39ClN2O5S. The molecule has 2 fully saturated rings. The van der Waals surface area contributed by atoms with Gasteiger partial charge in [-0.05, 0) is 74.5 Å². The van der Waals surface area contributed by atoms with Crippen LogP contribution in [0.5, 0.6) is 0 Å². The summed E-state index contributed by atoms with van der Waals surface area (Å²) in [5, 5.41) is 15.9. The summed E-state index contributed by atoms with van der Waals surface area (Å²) >= 11 is 8.26. The van der Waals surface area contributed by atoms with E-state index >= 15 is 0 Å². The highest BCUT2D eigenvalue weighted by atomic mass is 35.5. The minimum absolute atomic E-state index is 0.101. The molecule has 220 valence electrons. The fourth-order valence-electron chi connectivity index (χ4n) is 5.72. The number of aliphatic carboxylic acids is 1. The van der Waals surface area contributed by atoms with Gasteiger partial charge in [0, 0.05) is 35.1 Å². The molecule has 0 spiro atoms. The second-order valence-corrected chi connectivity index (χ2v) is 12.4. The van der Waals surface area contributed by atoms with Crippen molar-refractivity contribution in [1.82, 2.24) is 9.78 Å². The van der Waals surface area contributed by atoms with Gasteiger partial charge in [0.25, 0.3) is 0 Å². The SMILES string of the molecule is O=C(O)COCC1CCC(Cn2nc(-c3ccccc3)c(-c3cccc(Cl)c3)c2SCCOC2CCCCO2)CC1. The van der Waals surface area contributed by atoms with Crippen LogP contribution >= 0.6 is 23.4 Å². The Hall–Kier alpha value is -2.36. The summed E-state index contributed by atoms with van der Waals surface area (Å²) in [6, 6.07) is 18.4. The molecule has 0 radical (unpaired) electrons. The maximum absolute atomic E-state index is 10.8. The number of hydrogen-bond acceptors (Lipinski definition) is 6. The molecule has 2 aromatic carbocycles. The largest absolute Gasteiger partial charge is 0.480 e. The second-order valence-electron chi connectivity index (χ2n) is 10.9. The first-order valence-electron chi connectivity index (χ1n) is 14.6. The standard InChI is InChI=1S/C32H39ClN2O5S/c33-27-10-6-9-26(19-27)30-31(25-7-2-1-3-8-25)34-35(32(30)41-18-17-40-29-11-4-5-16-39-29)20-23-12-14-24(15-13-23)21-38-22-28(36)37/h1-3,6-10,19,23-24,29H,4-5,11-18,20-22H2,(H,36,37). The van der Waals surface area contributed by atoms with Gasteiger partial charge in [0.2, 0.25) is 0 Å². The monoisotopic (exact) mass is 598 g/mol. The molecule has 1 atom stereocenters. The number of halogens is 1. The van der Waals surface area contributed by atoms with E-state index in [1.54, 1.807) is 11.8 Å². The summed E-state index contributed by atoms with van der Waals surface area (Å²) in [6.07, 6.45) is 7.33. The van der Waals surface area contributed by atoms with E-state index in [9.17, 15) is 4.79 Å². The topological polar surface area (TPSA) is 82.8 Å². The van der Waals surface area contributed by atoms with Gasteiger partial charge in [0.15, 0.2) is 6.29 Å². The summed E-state index contributed by atoms with van der Waals surface area (Å²) in [5.74, 6) is 0.788. The Bertz CT molecular complexity index is 1260. The Balaban J connectivity index is 1.37. The van der Waals surface area contributed by atoms with Crippen LogP contribution in [0.25, 0.3) is 22.4 Å². The molecular weight excluding hydrogens is 560 g/mol. The fourth-order valence-corrected chi connectivity index (χ4v) is 6.90. The number of benzene rings is 2. The van der Waals surface area contributed by atoms with Gasteiger partial charge in [-0.1, -0.05) is 54.1 Å². The number of thioether (sulfide) groups is 1. The van der Waals surface area contributed by atoms with Gasteiger partial charge in [0.05, 0.1) is 13.2 Å². The molecule has 41 heavy (non-hydrogen) atoms. The summed E-state index contributed by atoms with van der Waals surface area (Å²) in [6.45, 7) is 2.51. The molecule has 2 heterocycles. The molecule has 1 saturated heterocycles. The highest BCUT2D eigenvalue weighted by molar-refractivity contribution is 7.99. The fraction of sp³-hybridized carbons (Fsp3) is 0.500. The zero-order chi connectivity index (χ0) is 28.4. The third-order valence-corrected chi connectivity index (χ3v) is 9.10. The smallest absolute Gasteiger partial charge is 0.329 e. The van der Waals surface area contributed by atoms with Gasteiger partial charge in [-0.2, -0.15) is 5.10 Å². The molecule has 3 aromatic rings. The van der Waals surface area contributed by atoms with E-state index in [-0.39, 0.29) is 12.9 Å². The van der Waals surface area contributed by atoms with Gasteiger partial charge in [-0.25, -0.2) is 4.79 Å². The van der Waals surface area contributed by atoms with Crippen molar-refractivity contribution in [2.75, 3.05) is 32.2 Å². The van der Waals surface area contributed by atoms with Gasteiger partial charge in [-0.3, -0.25) is 4.68 Å². The van der Waals surface area contributed by atoms with Crippen molar-refractivity contribution in [1.29, 1.82) is 0 Å². The molecule has 9 heteroatoms. The summed E-state index contributed by atoms with van der Waals surface area (Å²) in [4.78, 5) is 10.8. The molecule has 5 rings (SSSR count). The first-order valence-corrected chi connectivity index (χ1v) is 16.0. The van der Waals surface area contributed by atoms with E-state index in [2.05, 4.69) is 35.0 Å². The van der Waals surface area contributed by atoms with Crippen molar-refractivity contribution in [3.05, 3.63) is 59.6 Å². The van der Waals surface area contributed by atoms with Gasteiger partial charge in [0.1, 0.15) is 17.3 Å². The van der Waals surface area contributed by atoms with Crippen molar-refractivity contribution < 1.29 is 24.1 Å². The number of carboxylic acids is 1. The van der Waals surface area contributed by atoms with Crippen molar-refractivity contribution in [3.63, 3.8) is 0 Å². The highest BCUT2D eigenvalue weighted by Gasteiger charge is 2.26. The zero-order valence-corrected chi connectivity index (χ0v) is 25.0. The van der Waals surface area contributed by atoms with Gasteiger partial charge in [-0.15, -0.1) is 11.8 Å². The lowest BCUT2D eigenvalue weighted by molar-refractivity contribution is -0.158. The highest BCUT2D eigenvalue weighted by Crippen LogP contribution is 2.41. The Labute approximate surface area is 251 Å². The van der Waals surface area contributed by atoms with Crippen molar-refractivity contribution in [2.24, 2.45) is 11.8 Å². The third-order valence-electron chi connectivity index (χ3n) is 7.81. The van der Waals surface area contributed by atoms with Crippen molar-refractivity contribution >= 4 is 29.3 Å². The Morgan fingerprint density at radius 1 is 1.02 bits per heavy atom. The number of ether oxygens (including phenoxy) is 3. The molecule has 1 saturated carbocycles. The van der Waals surface area contributed by atoms with E-state index < -0.39 is 5.97 Å². The number of rotatable bonds is 13. The van der Waals surface area contributed by atoms with Crippen LogP contribution in [0.2, 0.25) is 5.02 Å². The Morgan fingerprint density at radius 3 is 2.54 bits per heavy atom. The molecule has 2 aliphatic rings. The number of nitrogens with zero attached hydrogens (tertiary/aromatic N) is 2. The van der Waals surface area contributed by atoms with Crippen LogP contribution in [0.4, 0.5) is 0 Å². The lowest BCUT2D eigenvalue weighted by Crippen LogP contribution is -2.24. The Morgan fingerprint density at radius 2 is 1.80 bits per heavy atom. The summed E-state index contributed by atoms with van der Waals surface area (Å²) < 4.78 is 19.4. The maximum atomic E-state index is 10.8. The molecule has 1 aromatic heterocycles. The van der Waals surface area contributed by atoms with Crippen LogP contribution in [0, 0.1) is 11.8 Å². The number of aromatic nitrogens is 2. The van der Waals surface area contributed by atoms with Crippen LogP contribution in [-0.4, -0.2) is 59.3 Å². The van der Waals surface area contributed by atoms with Crippen LogP contribution < -0.4 is 0 Å². The predicted molar refractivity (Wildman–Crippen MR) is 162 cm³/mol. The van der Waals surface area contributed by atoms with E-state index in [0.29, 0.717) is 30.1 Å². The molecule has 1 aliphatic carbocycles. The lowest BCUT2D eigenvalue weighted by Gasteiger charge is -2.28. The number of hydrogen-bond donors (Lipinski definition) is 1. The van der Waals surface area contributed by atoms with E-state index in [0.717, 1.165) is 91.3 Å². The maximum Gasteiger partial charge on any atom is 0.329 e. The van der Waals surface area contributed by atoms with E-state index in [1.165, 1.54) is 0 Å². The average molecular weight is 599 g/mol. The quantitative estimate of drug-likeness (QED) is 0.162. The normalized spacial score (nSPS) is 21.1. The van der Waals surface area contributed by atoms with Crippen LogP contribution in [-0.2, 0) is 25.5 Å². The van der Waals surface area contributed by atoms with Gasteiger partial charge < -0.3 is 19.3 Å². The summed E-state index contributed by atoms with van der Waals surface area (Å²) in [5.41, 5.74) is 4.20. The third kappa shape index (κ3) is 8.58. The number of carboxylic acid groups (broad SMARTS) is 1. The average Bonchev–Trinajstić information content (AvgIpc) is 3.35. The summed E-state index contributed by atoms with van der Waals surface area (Å²) in [7, 11) is 0. The molecule has 1 unspecified atom stereocenters. The Kier molecular flexibility index (Phi) is 11.2. The molecule has 1 N–H and O–H groups in total. The van der Waals surface area contributed by atoms with E-state index in [4.69, 9.17) is 36.0 Å². The first kappa shape index (κ1) is 30.1. The molecule has 0 bridgehead atoms. The molecule has 0 amide bonds. The van der Waals surface area contributed by atoms with Crippen molar-refractivity contribution in [2.45, 2.75) is 62.8 Å². The number of carbonyl (C=O) groups is 1. The lowest BCUT2D eigenvalue weighted by atomic mass is 9.82.